The topological polar surface area (TPSA) is 9.23 Å². The van der Waals surface area contributed by atoms with E-state index in [-0.39, 0.29) is 0 Å². The SMILES string of the molecule is CC(C1CCCO1)C1CCCS1. The van der Waals surface area contributed by atoms with Crippen molar-refractivity contribution in [3.63, 3.8) is 0 Å². The van der Waals surface area contributed by atoms with Crippen molar-refractivity contribution in [3.05, 3.63) is 0 Å². The highest BCUT2D eigenvalue weighted by Gasteiger charge is 2.30. The van der Waals surface area contributed by atoms with Crippen LogP contribution in [0.15, 0.2) is 0 Å². The normalized spacial score (nSPS) is 38.8. The second kappa shape index (κ2) is 4.01. The maximum Gasteiger partial charge on any atom is 0.0612 e. The van der Waals surface area contributed by atoms with Gasteiger partial charge in [-0.05, 0) is 37.4 Å². The minimum Gasteiger partial charge on any atom is -0.378 e. The van der Waals surface area contributed by atoms with Gasteiger partial charge in [0, 0.05) is 11.9 Å². The van der Waals surface area contributed by atoms with Gasteiger partial charge in [-0.1, -0.05) is 6.92 Å². The van der Waals surface area contributed by atoms with E-state index in [1.165, 1.54) is 31.4 Å². The van der Waals surface area contributed by atoms with Gasteiger partial charge in [0.2, 0.25) is 0 Å². The van der Waals surface area contributed by atoms with Crippen molar-refractivity contribution in [2.24, 2.45) is 5.92 Å². The van der Waals surface area contributed by atoms with Crippen LogP contribution < -0.4 is 0 Å². The summed E-state index contributed by atoms with van der Waals surface area (Å²) in [6.45, 7) is 3.38. The third-order valence-electron chi connectivity index (χ3n) is 3.10. The Bertz CT molecular complexity index is 121. The van der Waals surface area contributed by atoms with Gasteiger partial charge in [-0.3, -0.25) is 0 Å². The van der Waals surface area contributed by atoms with Crippen LogP contribution in [-0.2, 0) is 4.74 Å². The minimum atomic E-state index is 0.584. The smallest absolute Gasteiger partial charge is 0.0612 e. The Kier molecular flexibility index (Phi) is 2.97. The summed E-state index contributed by atoms with van der Waals surface area (Å²) in [7, 11) is 0. The summed E-state index contributed by atoms with van der Waals surface area (Å²) in [6, 6.07) is 0. The Morgan fingerprint density at radius 3 is 2.83 bits per heavy atom. The van der Waals surface area contributed by atoms with E-state index in [0.717, 1.165) is 17.8 Å². The average Bonchev–Trinajstić information content (AvgIpc) is 2.77. The maximum atomic E-state index is 5.71. The quantitative estimate of drug-likeness (QED) is 0.656. The second-order valence-corrected chi connectivity index (χ2v) is 5.31. The third kappa shape index (κ3) is 1.80. The lowest BCUT2D eigenvalue weighted by Crippen LogP contribution is -2.25. The molecule has 2 fully saturated rings. The Hall–Kier alpha value is 0.310. The summed E-state index contributed by atoms with van der Waals surface area (Å²) in [4.78, 5) is 0. The van der Waals surface area contributed by atoms with Crippen LogP contribution in [0.4, 0.5) is 0 Å². The molecular weight excluding hydrogens is 168 g/mol. The van der Waals surface area contributed by atoms with Crippen molar-refractivity contribution >= 4 is 11.8 Å². The zero-order valence-electron chi connectivity index (χ0n) is 7.79. The van der Waals surface area contributed by atoms with Crippen molar-refractivity contribution in [2.75, 3.05) is 12.4 Å². The first kappa shape index (κ1) is 8.89. The summed E-state index contributed by atoms with van der Waals surface area (Å²) in [5, 5.41) is 0.896. The summed E-state index contributed by atoms with van der Waals surface area (Å²) in [5.41, 5.74) is 0. The van der Waals surface area contributed by atoms with Crippen LogP contribution in [0.3, 0.4) is 0 Å². The lowest BCUT2D eigenvalue weighted by atomic mass is 9.96. The summed E-state index contributed by atoms with van der Waals surface area (Å²) in [6.07, 6.45) is 6.02. The number of thioether (sulfide) groups is 1. The number of rotatable bonds is 2. The number of hydrogen-bond acceptors (Lipinski definition) is 2. The lowest BCUT2D eigenvalue weighted by Gasteiger charge is -2.23. The molecule has 0 spiro atoms. The summed E-state index contributed by atoms with van der Waals surface area (Å²) < 4.78 is 5.71. The molecule has 0 aromatic rings. The summed E-state index contributed by atoms with van der Waals surface area (Å²) in [5.74, 6) is 2.17. The predicted octanol–water partition coefficient (Wildman–Crippen LogP) is 2.70. The van der Waals surface area contributed by atoms with Crippen LogP contribution >= 0.6 is 11.8 Å². The minimum absolute atomic E-state index is 0.584. The van der Waals surface area contributed by atoms with Gasteiger partial charge < -0.3 is 4.74 Å². The van der Waals surface area contributed by atoms with Gasteiger partial charge >= 0.3 is 0 Å². The van der Waals surface area contributed by atoms with E-state index in [0.29, 0.717) is 6.10 Å². The summed E-state index contributed by atoms with van der Waals surface area (Å²) >= 11 is 2.16. The van der Waals surface area contributed by atoms with Gasteiger partial charge in [0.1, 0.15) is 0 Å². The molecular formula is C10H18OS. The lowest BCUT2D eigenvalue weighted by molar-refractivity contribution is 0.0684. The maximum absolute atomic E-state index is 5.71. The predicted molar refractivity (Wildman–Crippen MR) is 53.6 cm³/mol. The zero-order valence-corrected chi connectivity index (χ0v) is 8.61. The van der Waals surface area contributed by atoms with Crippen LogP contribution in [0, 0.1) is 5.92 Å². The van der Waals surface area contributed by atoms with Crippen LogP contribution in [0.2, 0.25) is 0 Å². The molecule has 2 heterocycles. The van der Waals surface area contributed by atoms with Gasteiger partial charge in [0.05, 0.1) is 6.10 Å². The Morgan fingerprint density at radius 1 is 1.33 bits per heavy atom. The molecule has 3 atom stereocenters. The molecule has 0 bridgehead atoms. The van der Waals surface area contributed by atoms with Gasteiger partial charge in [-0.2, -0.15) is 11.8 Å². The molecule has 2 aliphatic heterocycles. The van der Waals surface area contributed by atoms with Crippen molar-refractivity contribution in [1.29, 1.82) is 0 Å². The first-order valence-corrected chi connectivity index (χ1v) is 6.16. The zero-order chi connectivity index (χ0) is 8.39. The van der Waals surface area contributed by atoms with Crippen molar-refractivity contribution in [2.45, 2.75) is 44.0 Å². The molecule has 0 radical (unpaired) electrons. The average molecular weight is 186 g/mol. The van der Waals surface area contributed by atoms with Crippen LogP contribution in [0.25, 0.3) is 0 Å². The molecule has 1 nitrogen and oxygen atoms in total. The van der Waals surface area contributed by atoms with Gasteiger partial charge in [0.25, 0.3) is 0 Å². The van der Waals surface area contributed by atoms with E-state index in [4.69, 9.17) is 4.74 Å². The molecule has 2 aliphatic rings. The van der Waals surface area contributed by atoms with E-state index in [2.05, 4.69) is 18.7 Å². The molecule has 0 aromatic heterocycles. The Balaban J connectivity index is 1.84. The molecule has 70 valence electrons. The number of ether oxygens (including phenoxy) is 1. The van der Waals surface area contributed by atoms with E-state index in [1.54, 1.807) is 0 Å². The van der Waals surface area contributed by atoms with Crippen molar-refractivity contribution < 1.29 is 4.74 Å². The molecule has 0 amide bonds. The molecule has 2 heteroatoms. The third-order valence-corrected chi connectivity index (χ3v) is 4.72. The standard InChI is InChI=1S/C10H18OS/c1-8(9-4-2-6-11-9)10-5-3-7-12-10/h8-10H,2-7H2,1H3. The van der Waals surface area contributed by atoms with Crippen molar-refractivity contribution in [3.8, 4) is 0 Å². The first-order chi connectivity index (χ1) is 5.88. The van der Waals surface area contributed by atoms with Gasteiger partial charge in [0.15, 0.2) is 0 Å². The van der Waals surface area contributed by atoms with Crippen molar-refractivity contribution in [1.82, 2.24) is 0 Å². The monoisotopic (exact) mass is 186 g/mol. The van der Waals surface area contributed by atoms with Gasteiger partial charge in [-0.25, -0.2) is 0 Å². The Morgan fingerprint density at radius 2 is 2.25 bits per heavy atom. The molecule has 2 saturated heterocycles. The fourth-order valence-electron chi connectivity index (χ4n) is 2.27. The highest BCUT2D eigenvalue weighted by molar-refractivity contribution is 8.00. The van der Waals surface area contributed by atoms with E-state index < -0.39 is 0 Å². The van der Waals surface area contributed by atoms with Crippen LogP contribution in [0.1, 0.15) is 32.6 Å². The fourth-order valence-corrected chi connectivity index (χ4v) is 3.72. The molecule has 2 rings (SSSR count). The van der Waals surface area contributed by atoms with Crippen LogP contribution in [-0.4, -0.2) is 23.7 Å². The van der Waals surface area contributed by atoms with E-state index in [1.807, 2.05) is 0 Å². The number of hydrogen-bond donors (Lipinski definition) is 0. The highest BCUT2D eigenvalue weighted by Crippen LogP contribution is 2.36. The molecule has 0 aromatic carbocycles. The highest BCUT2D eigenvalue weighted by atomic mass is 32.2. The second-order valence-electron chi connectivity index (χ2n) is 3.96. The van der Waals surface area contributed by atoms with E-state index in [9.17, 15) is 0 Å². The Labute approximate surface area is 79.2 Å². The molecule has 0 aliphatic carbocycles. The first-order valence-electron chi connectivity index (χ1n) is 5.11. The van der Waals surface area contributed by atoms with Gasteiger partial charge in [-0.15, -0.1) is 0 Å². The fraction of sp³-hybridized carbons (Fsp3) is 1.00. The largest absolute Gasteiger partial charge is 0.378 e. The molecule has 0 saturated carbocycles. The molecule has 12 heavy (non-hydrogen) atoms. The van der Waals surface area contributed by atoms with E-state index >= 15 is 0 Å². The van der Waals surface area contributed by atoms with Crippen LogP contribution in [0.5, 0.6) is 0 Å². The molecule has 0 N–H and O–H groups in total. The molecule has 3 unspecified atom stereocenters.